The van der Waals surface area contributed by atoms with Crippen LogP contribution >= 0.6 is 0 Å². The van der Waals surface area contributed by atoms with Crippen LogP contribution in [0.15, 0.2) is 59.5 Å². The number of aliphatic hydroxyl groups excluding tert-OH is 1. The van der Waals surface area contributed by atoms with Crippen molar-refractivity contribution in [2.75, 3.05) is 11.9 Å². The number of hydrogen-bond donors (Lipinski definition) is 2. The van der Waals surface area contributed by atoms with Crippen molar-refractivity contribution in [1.29, 1.82) is 0 Å². The fourth-order valence-corrected chi connectivity index (χ4v) is 2.92. The first kappa shape index (κ1) is 18.7. The van der Waals surface area contributed by atoms with E-state index < -0.39 is 6.10 Å². The number of ether oxygens (including phenoxy) is 1. The third kappa shape index (κ3) is 4.17. The summed E-state index contributed by atoms with van der Waals surface area (Å²) < 4.78 is 6.85. The summed E-state index contributed by atoms with van der Waals surface area (Å²) in [6, 6.07) is 13.8. The van der Waals surface area contributed by atoms with E-state index in [-0.39, 0.29) is 18.0 Å². The molecule has 1 atom stereocenters. The molecule has 27 heavy (non-hydrogen) atoms. The van der Waals surface area contributed by atoms with E-state index in [0.29, 0.717) is 34.4 Å². The number of nitrogens with one attached hydrogen (secondary N) is 1. The Morgan fingerprint density at radius 1 is 1.15 bits per heavy atom. The van der Waals surface area contributed by atoms with Gasteiger partial charge in [-0.15, -0.1) is 0 Å². The lowest BCUT2D eigenvalue weighted by molar-refractivity contribution is 0.102. The number of nitrogens with zero attached hydrogens (tertiary/aromatic N) is 1. The van der Waals surface area contributed by atoms with Gasteiger partial charge >= 0.3 is 0 Å². The lowest BCUT2D eigenvalue weighted by atomic mass is 10.1. The van der Waals surface area contributed by atoms with Crippen molar-refractivity contribution < 1.29 is 14.6 Å². The molecule has 1 unspecified atom stereocenters. The molecule has 1 heterocycles. The summed E-state index contributed by atoms with van der Waals surface area (Å²) in [6.07, 6.45) is 1.01. The average molecular weight is 366 g/mol. The van der Waals surface area contributed by atoms with E-state index >= 15 is 0 Å². The number of pyridine rings is 1. The SMILES string of the molecule is CCOc1ccc(C(=O)Nc2cccc3c(=O)n(CC(C)O)ccc23)cc1. The predicted molar refractivity (Wildman–Crippen MR) is 105 cm³/mol. The van der Waals surface area contributed by atoms with Gasteiger partial charge < -0.3 is 19.7 Å². The molecular formula is C21H22N2O4. The summed E-state index contributed by atoms with van der Waals surface area (Å²) in [6.45, 7) is 4.31. The van der Waals surface area contributed by atoms with Crippen LogP contribution in [0.5, 0.6) is 5.75 Å². The van der Waals surface area contributed by atoms with Crippen LogP contribution in [-0.4, -0.2) is 28.3 Å². The largest absolute Gasteiger partial charge is 0.494 e. The molecule has 2 aromatic carbocycles. The summed E-state index contributed by atoms with van der Waals surface area (Å²) in [4.78, 5) is 25.2. The molecule has 0 fully saturated rings. The highest BCUT2D eigenvalue weighted by Crippen LogP contribution is 2.22. The number of amides is 1. The van der Waals surface area contributed by atoms with E-state index in [1.54, 1.807) is 61.7 Å². The Balaban J connectivity index is 1.89. The molecule has 1 amide bonds. The smallest absolute Gasteiger partial charge is 0.258 e. The molecule has 140 valence electrons. The third-order valence-corrected chi connectivity index (χ3v) is 4.16. The monoisotopic (exact) mass is 366 g/mol. The molecular weight excluding hydrogens is 344 g/mol. The first-order valence-electron chi connectivity index (χ1n) is 8.84. The van der Waals surface area contributed by atoms with Crippen LogP contribution in [-0.2, 0) is 6.54 Å². The number of rotatable bonds is 6. The molecule has 0 saturated carbocycles. The Bertz CT molecular complexity index is 1010. The van der Waals surface area contributed by atoms with Gasteiger partial charge in [-0.3, -0.25) is 9.59 Å². The van der Waals surface area contributed by atoms with Crippen molar-refractivity contribution in [2.24, 2.45) is 0 Å². The van der Waals surface area contributed by atoms with E-state index in [1.165, 1.54) is 4.57 Å². The minimum atomic E-state index is -0.623. The van der Waals surface area contributed by atoms with E-state index in [1.807, 2.05) is 6.92 Å². The van der Waals surface area contributed by atoms with Gasteiger partial charge in [-0.25, -0.2) is 0 Å². The van der Waals surface area contributed by atoms with Gasteiger partial charge in [0.2, 0.25) is 0 Å². The van der Waals surface area contributed by atoms with Gasteiger partial charge in [-0.2, -0.15) is 0 Å². The number of carbonyl (C=O) groups excluding carboxylic acids is 1. The molecule has 0 radical (unpaired) electrons. The molecule has 0 saturated heterocycles. The highest BCUT2D eigenvalue weighted by Gasteiger charge is 2.11. The van der Waals surface area contributed by atoms with E-state index in [2.05, 4.69) is 5.32 Å². The van der Waals surface area contributed by atoms with Crippen LogP contribution in [0.1, 0.15) is 24.2 Å². The second-order valence-corrected chi connectivity index (χ2v) is 6.30. The van der Waals surface area contributed by atoms with Crippen molar-refractivity contribution in [3.63, 3.8) is 0 Å². The molecule has 2 N–H and O–H groups in total. The maximum atomic E-state index is 12.6. The molecule has 3 aromatic rings. The maximum absolute atomic E-state index is 12.6. The number of fused-ring (bicyclic) bond motifs is 1. The van der Waals surface area contributed by atoms with Gasteiger partial charge in [0.05, 0.1) is 19.3 Å². The van der Waals surface area contributed by atoms with Gasteiger partial charge in [-0.05, 0) is 56.3 Å². The van der Waals surface area contributed by atoms with Crippen molar-refractivity contribution in [2.45, 2.75) is 26.5 Å². The number of hydrogen-bond acceptors (Lipinski definition) is 4. The zero-order valence-electron chi connectivity index (χ0n) is 15.3. The van der Waals surface area contributed by atoms with Crippen molar-refractivity contribution >= 4 is 22.4 Å². The zero-order valence-corrected chi connectivity index (χ0v) is 15.3. The highest BCUT2D eigenvalue weighted by atomic mass is 16.5. The fourth-order valence-electron chi connectivity index (χ4n) is 2.92. The Morgan fingerprint density at radius 3 is 2.56 bits per heavy atom. The Hall–Kier alpha value is -3.12. The predicted octanol–water partition coefficient (Wildman–Crippen LogP) is 3.03. The van der Waals surface area contributed by atoms with Crippen molar-refractivity contribution in [1.82, 2.24) is 4.57 Å². The minimum absolute atomic E-state index is 0.203. The third-order valence-electron chi connectivity index (χ3n) is 4.16. The van der Waals surface area contributed by atoms with Crippen LogP contribution in [0.3, 0.4) is 0 Å². The summed E-state index contributed by atoms with van der Waals surface area (Å²) in [5.41, 5.74) is 0.858. The lowest BCUT2D eigenvalue weighted by Crippen LogP contribution is -2.25. The lowest BCUT2D eigenvalue weighted by Gasteiger charge is -2.12. The Morgan fingerprint density at radius 2 is 1.89 bits per heavy atom. The topological polar surface area (TPSA) is 80.6 Å². The molecule has 1 aromatic heterocycles. The van der Waals surface area contributed by atoms with Crippen LogP contribution in [0.4, 0.5) is 5.69 Å². The number of carbonyl (C=O) groups is 1. The summed E-state index contributed by atoms with van der Waals surface area (Å²) in [5, 5.41) is 13.5. The number of aromatic nitrogens is 1. The highest BCUT2D eigenvalue weighted by molar-refractivity contribution is 6.09. The molecule has 0 aliphatic heterocycles. The maximum Gasteiger partial charge on any atom is 0.258 e. The first-order chi connectivity index (χ1) is 13.0. The molecule has 6 nitrogen and oxygen atoms in total. The van der Waals surface area contributed by atoms with Crippen molar-refractivity contribution in [3.05, 3.63) is 70.6 Å². The molecule has 0 aliphatic rings. The van der Waals surface area contributed by atoms with E-state index in [9.17, 15) is 14.7 Å². The molecule has 6 heteroatoms. The van der Waals surface area contributed by atoms with Gasteiger partial charge in [-0.1, -0.05) is 6.07 Å². The van der Waals surface area contributed by atoms with Gasteiger partial charge in [0.15, 0.2) is 0 Å². The average Bonchev–Trinajstić information content (AvgIpc) is 2.65. The molecule has 0 bridgehead atoms. The van der Waals surface area contributed by atoms with Crippen molar-refractivity contribution in [3.8, 4) is 5.75 Å². The summed E-state index contributed by atoms with van der Waals surface area (Å²) >= 11 is 0. The zero-order chi connectivity index (χ0) is 19.4. The standard InChI is InChI=1S/C21H22N2O4/c1-3-27-16-9-7-15(8-10-16)20(25)22-19-6-4-5-18-17(19)11-12-23(21(18)26)13-14(2)24/h4-12,14,24H,3,13H2,1-2H3,(H,22,25). The Kier molecular flexibility index (Phi) is 5.57. The van der Waals surface area contributed by atoms with Crippen LogP contribution in [0.2, 0.25) is 0 Å². The normalized spacial score (nSPS) is 12.0. The Labute approximate surface area is 157 Å². The summed E-state index contributed by atoms with van der Waals surface area (Å²) in [7, 11) is 0. The second-order valence-electron chi connectivity index (χ2n) is 6.30. The van der Waals surface area contributed by atoms with E-state index in [0.717, 1.165) is 0 Å². The fraction of sp³-hybridized carbons (Fsp3) is 0.238. The summed E-state index contributed by atoms with van der Waals surface area (Å²) in [5.74, 6) is 0.441. The van der Waals surface area contributed by atoms with Gasteiger partial charge in [0.25, 0.3) is 11.5 Å². The van der Waals surface area contributed by atoms with Gasteiger partial charge in [0.1, 0.15) is 5.75 Å². The first-order valence-corrected chi connectivity index (χ1v) is 8.84. The van der Waals surface area contributed by atoms with E-state index in [4.69, 9.17) is 4.74 Å². The number of benzene rings is 2. The number of aliphatic hydroxyl groups is 1. The molecule has 3 rings (SSSR count). The van der Waals surface area contributed by atoms with Crippen LogP contribution < -0.4 is 15.6 Å². The molecule has 0 aliphatic carbocycles. The quantitative estimate of drug-likeness (QED) is 0.703. The molecule has 0 spiro atoms. The van der Waals surface area contributed by atoms with Crippen LogP contribution in [0, 0.1) is 0 Å². The second kappa shape index (κ2) is 8.05. The van der Waals surface area contributed by atoms with Crippen LogP contribution in [0.25, 0.3) is 10.8 Å². The number of anilines is 1. The minimum Gasteiger partial charge on any atom is -0.494 e. The van der Waals surface area contributed by atoms with Gasteiger partial charge in [0, 0.05) is 28.2 Å².